The van der Waals surface area contributed by atoms with Crippen LogP contribution < -0.4 is 0 Å². The third kappa shape index (κ3) is 5.73. The Kier molecular flexibility index (Phi) is 8.54. The lowest BCUT2D eigenvalue weighted by Crippen LogP contribution is -2.01. The van der Waals surface area contributed by atoms with E-state index in [1.54, 1.807) is 5.56 Å². The number of rotatable bonds is 8. The smallest absolute Gasteiger partial charge is 0.0165 e. The van der Waals surface area contributed by atoms with Gasteiger partial charge in [-0.05, 0) is 59.4 Å². The SMILES string of the molecule is CCCC(CCCCCBr)c1ccccc1I. The number of hydrogen-bond acceptors (Lipinski definition) is 0. The van der Waals surface area contributed by atoms with E-state index in [1.165, 1.54) is 42.1 Å². The van der Waals surface area contributed by atoms with Gasteiger partial charge in [0.1, 0.15) is 0 Å². The fraction of sp³-hybridized carbons (Fsp3) is 0.600. The van der Waals surface area contributed by atoms with E-state index < -0.39 is 0 Å². The number of unbranched alkanes of at least 4 members (excludes halogenated alkanes) is 2. The average Bonchev–Trinajstić information content (AvgIpc) is 2.34. The second kappa shape index (κ2) is 9.37. The second-order valence-corrected chi connectivity index (χ2v) is 6.50. The van der Waals surface area contributed by atoms with Gasteiger partial charge in [-0.1, -0.05) is 60.3 Å². The largest absolute Gasteiger partial charge is 0.0928 e. The molecule has 0 radical (unpaired) electrons. The summed E-state index contributed by atoms with van der Waals surface area (Å²) in [6, 6.07) is 8.86. The summed E-state index contributed by atoms with van der Waals surface area (Å²) >= 11 is 5.98. The highest BCUT2D eigenvalue weighted by Crippen LogP contribution is 2.30. The molecule has 0 saturated carbocycles. The predicted octanol–water partition coefficient (Wildman–Crippen LogP) is 6.13. The molecule has 0 aliphatic carbocycles. The van der Waals surface area contributed by atoms with Crippen LogP contribution in [0, 0.1) is 3.57 Å². The molecule has 1 aromatic rings. The van der Waals surface area contributed by atoms with Crippen molar-refractivity contribution in [1.29, 1.82) is 0 Å². The van der Waals surface area contributed by atoms with Gasteiger partial charge in [0, 0.05) is 8.90 Å². The molecule has 0 fully saturated rings. The van der Waals surface area contributed by atoms with Crippen molar-refractivity contribution < 1.29 is 0 Å². The van der Waals surface area contributed by atoms with E-state index >= 15 is 0 Å². The first-order valence-electron chi connectivity index (χ1n) is 6.60. The van der Waals surface area contributed by atoms with Crippen LogP contribution in [0.4, 0.5) is 0 Å². The molecule has 96 valence electrons. The van der Waals surface area contributed by atoms with Crippen molar-refractivity contribution >= 4 is 38.5 Å². The zero-order valence-electron chi connectivity index (χ0n) is 10.6. The van der Waals surface area contributed by atoms with Crippen LogP contribution in [-0.2, 0) is 0 Å². The Morgan fingerprint density at radius 2 is 1.88 bits per heavy atom. The summed E-state index contributed by atoms with van der Waals surface area (Å²) in [6.45, 7) is 2.29. The molecule has 17 heavy (non-hydrogen) atoms. The van der Waals surface area contributed by atoms with Gasteiger partial charge in [0.05, 0.1) is 0 Å². The molecule has 0 spiro atoms. The van der Waals surface area contributed by atoms with Crippen LogP contribution >= 0.6 is 38.5 Å². The van der Waals surface area contributed by atoms with Crippen LogP contribution in [0.15, 0.2) is 24.3 Å². The average molecular weight is 409 g/mol. The Hall–Kier alpha value is 0.430. The topological polar surface area (TPSA) is 0 Å². The van der Waals surface area contributed by atoms with Gasteiger partial charge in [0.25, 0.3) is 0 Å². The van der Waals surface area contributed by atoms with Crippen LogP contribution in [0.1, 0.15) is 56.9 Å². The van der Waals surface area contributed by atoms with Crippen LogP contribution in [0.2, 0.25) is 0 Å². The van der Waals surface area contributed by atoms with Crippen LogP contribution in [0.3, 0.4) is 0 Å². The molecule has 0 saturated heterocycles. The van der Waals surface area contributed by atoms with Crippen molar-refractivity contribution in [2.24, 2.45) is 0 Å². The van der Waals surface area contributed by atoms with E-state index in [0.29, 0.717) is 0 Å². The van der Waals surface area contributed by atoms with E-state index in [1.807, 2.05) is 0 Å². The highest BCUT2D eigenvalue weighted by molar-refractivity contribution is 14.1. The van der Waals surface area contributed by atoms with Crippen molar-refractivity contribution in [2.75, 3.05) is 5.33 Å². The lowest BCUT2D eigenvalue weighted by molar-refractivity contribution is 0.528. The predicted molar refractivity (Wildman–Crippen MR) is 89.1 cm³/mol. The third-order valence-corrected chi connectivity index (χ3v) is 4.71. The Labute approximate surface area is 128 Å². The van der Waals surface area contributed by atoms with Crippen molar-refractivity contribution in [2.45, 2.75) is 51.4 Å². The maximum atomic E-state index is 3.50. The fourth-order valence-corrected chi connectivity index (χ4v) is 3.50. The Morgan fingerprint density at radius 3 is 2.53 bits per heavy atom. The minimum atomic E-state index is 0.767. The first kappa shape index (κ1) is 15.5. The molecule has 1 atom stereocenters. The highest BCUT2D eigenvalue weighted by atomic mass is 127. The van der Waals surface area contributed by atoms with Crippen molar-refractivity contribution in [1.82, 2.24) is 0 Å². The van der Waals surface area contributed by atoms with E-state index in [9.17, 15) is 0 Å². The van der Waals surface area contributed by atoms with Gasteiger partial charge in [-0.2, -0.15) is 0 Å². The first-order valence-corrected chi connectivity index (χ1v) is 8.80. The molecule has 1 aromatic carbocycles. The summed E-state index contributed by atoms with van der Waals surface area (Å²) in [5.74, 6) is 0.767. The highest BCUT2D eigenvalue weighted by Gasteiger charge is 2.12. The summed E-state index contributed by atoms with van der Waals surface area (Å²) in [4.78, 5) is 0. The second-order valence-electron chi connectivity index (χ2n) is 4.55. The third-order valence-electron chi connectivity index (χ3n) is 3.17. The lowest BCUT2D eigenvalue weighted by Gasteiger charge is -2.18. The molecule has 0 N–H and O–H groups in total. The molecule has 1 unspecified atom stereocenters. The molecule has 2 heteroatoms. The quantitative estimate of drug-likeness (QED) is 0.275. The van der Waals surface area contributed by atoms with Crippen LogP contribution in [0.5, 0.6) is 0 Å². The van der Waals surface area contributed by atoms with Crippen LogP contribution in [0.25, 0.3) is 0 Å². The molecular weight excluding hydrogens is 387 g/mol. The van der Waals surface area contributed by atoms with Crippen molar-refractivity contribution in [3.05, 3.63) is 33.4 Å². The monoisotopic (exact) mass is 408 g/mol. The molecule has 0 heterocycles. The molecule has 0 aliphatic rings. The van der Waals surface area contributed by atoms with Gasteiger partial charge in [-0.25, -0.2) is 0 Å². The molecule has 0 aromatic heterocycles. The number of halogens is 2. The summed E-state index contributed by atoms with van der Waals surface area (Å²) in [5, 5.41) is 1.15. The fourth-order valence-electron chi connectivity index (χ4n) is 2.27. The Morgan fingerprint density at radius 1 is 1.12 bits per heavy atom. The van der Waals surface area contributed by atoms with Gasteiger partial charge in [-0.15, -0.1) is 0 Å². The van der Waals surface area contributed by atoms with Crippen LogP contribution in [-0.4, -0.2) is 5.33 Å². The molecule has 0 nitrogen and oxygen atoms in total. The molecular formula is C15H22BrI. The van der Waals surface area contributed by atoms with Crippen molar-refractivity contribution in [3.8, 4) is 0 Å². The maximum absolute atomic E-state index is 3.50. The number of benzene rings is 1. The summed E-state index contributed by atoms with van der Waals surface area (Å²) in [6.07, 6.45) is 7.99. The first-order chi connectivity index (χ1) is 8.29. The van der Waals surface area contributed by atoms with E-state index in [0.717, 1.165) is 11.2 Å². The van der Waals surface area contributed by atoms with Gasteiger partial charge in [0.15, 0.2) is 0 Å². The molecule has 1 rings (SSSR count). The normalized spacial score (nSPS) is 12.6. The minimum absolute atomic E-state index is 0.767. The minimum Gasteiger partial charge on any atom is -0.0928 e. The number of hydrogen-bond donors (Lipinski definition) is 0. The van der Waals surface area contributed by atoms with E-state index in [2.05, 4.69) is 69.7 Å². The lowest BCUT2D eigenvalue weighted by atomic mass is 9.89. The Bertz CT molecular complexity index is 312. The van der Waals surface area contributed by atoms with Gasteiger partial charge < -0.3 is 0 Å². The summed E-state index contributed by atoms with van der Waals surface area (Å²) in [5.41, 5.74) is 1.56. The summed E-state index contributed by atoms with van der Waals surface area (Å²) < 4.78 is 1.43. The summed E-state index contributed by atoms with van der Waals surface area (Å²) in [7, 11) is 0. The standard InChI is InChI=1S/C15H22BrI/c1-2-8-13(9-4-3-7-12-16)14-10-5-6-11-15(14)17/h5-6,10-11,13H,2-4,7-9,12H2,1H3. The maximum Gasteiger partial charge on any atom is 0.0165 e. The van der Waals surface area contributed by atoms with Gasteiger partial charge in [0.2, 0.25) is 0 Å². The van der Waals surface area contributed by atoms with Gasteiger partial charge in [-0.3, -0.25) is 0 Å². The van der Waals surface area contributed by atoms with Crippen molar-refractivity contribution in [3.63, 3.8) is 0 Å². The molecule has 0 aliphatic heterocycles. The zero-order chi connectivity index (χ0) is 12.5. The Balaban J connectivity index is 2.56. The van der Waals surface area contributed by atoms with Gasteiger partial charge >= 0.3 is 0 Å². The number of alkyl halides is 1. The van der Waals surface area contributed by atoms with E-state index in [4.69, 9.17) is 0 Å². The van der Waals surface area contributed by atoms with E-state index in [-0.39, 0.29) is 0 Å². The molecule has 0 bridgehead atoms. The molecule has 0 amide bonds. The zero-order valence-corrected chi connectivity index (χ0v) is 14.3.